The van der Waals surface area contributed by atoms with E-state index in [9.17, 15) is 0 Å². The Kier molecular flexibility index (Phi) is 56.1. The topological polar surface area (TPSA) is 111 Å². The lowest BCUT2D eigenvalue weighted by atomic mass is 10.0. The van der Waals surface area contributed by atoms with Crippen LogP contribution in [0.15, 0.2) is 0 Å². The molecule has 0 N–H and O–H groups in total. The van der Waals surface area contributed by atoms with Gasteiger partial charge in [-0.25, -0.2) is 0 Å². The van der Waals surface area contributed by atoms with Crippen LogP contribution in [0, 0.1) is 0 Å². The molecule has 0 unspecified atom stereocenters. The van der Waals surface area contributed by atoms with Crippen LogP contribution in [0.25, 0.3) is 0 Å². The molecule has 0 heterocycles. The molecular formula is C46H94O12. The highest BCUT2D eigenvalue weighted by atomic mass is 16.6. The van der Waals surface area contributed by atoms with E-state index in [1.54, 1.807) is 0 Å². The molecule has 0 spiro atoms. The molecule has 0 aromatic heterocycles. The third kappa shape index (κ3) is 55.5. The van der Waals surface area contributed by atoms with Crippen molar-refractivity contribution in [2.75, 3.05) is 159 Å². The van der Waals surface area contributed by atoms with Gasteiger partial charge in [0, 0.05) is 13.2 Å². The summed E-state index contributed by atoms with van der Waals surface area (Å²) in [7, 11) is 0. The predicted octanol–water partition coefficient (Wildman–Crippen LogP) is 9.03. The molecular weight excluding hydrogens is 744 g/mol. The summed E-state index contributed by atoms with van der Waals surface area (Å²) in [6.45, 7) is 18.4. The maximum Gasteiger partial charge on any atom is 0.0701 e. The van der Waals surface area contributed by atoms with Crippen LogP contribution >= 0.6 is 0 Å². The number of rotatable bonds is 55. The smallest absolute Gasteiger partial charge is 0.0701 e. The molecule has 0 aliphatic rings. The summed E-state index contributed by atoms with van der Waals surface area (Å²) in [6.07, 6.45) is 27.0. The molecule has 0 saturated carbocycles. The third-order valence-corrected chi connectivity index (χ3v) is 9.38. The first-order valence-corrected chi connectivity index (χ1v) is 23.8. The van der Waals surface area contributed by atoms with Gasteiger partial charge in [0.15, 0.2) is 0 Å². The Morgan fingerprint density at radius 1 is 0.138 bits per heavy atom. The minimum Gasteiger partial charge on any atom is -0.379 e. The van der Waals surface area contributed by atoms with Gasteiger partial charge in [-0.15, -0.1) is 0 Å². The van der Waals surface area contributed by atoms with Crippen molar-refractivity contribution in [1.82, 2.24) is 0 Å². The first kappa shape index (κ1) is 57.5. The van der Waals surface area contributed by atoms with Gasteiger partial charge in [0.1, 0.15) is 0 Å². The maximum atomic E-state index is 5.69. The Labute approximate surface area is 357 Å². The van der Waals surface area contributed by atoms with E-state index in [0.717, 1.165) is 26.1 Å². The van der Waals surface area contributed by atoms with E-state index in [1.165, 1.54) is 116 Å². The zero-order valence-electron chi connectivity index (χ0n) is 38.0. The number of ether oxygens (including phenoxy) is 12. The molecule has 0 bridgehead atoms. The SMILES string of the molecule is CCCCCCCCCCCCCCCCOCCOCCOCCOCCOCCOCCOCCOCCOCCOCCOCCOCCCCCCCC. The highest BCUT2D eigenvalue weighted by Gasteiger charge is 1.99. The van der Waals surface area contributed by atoms with E-state index in [2.05, 4.69) is 13.8 Å². The summed E-state index contributed by atoms with van der Waals surface area (Å²) in [4.78, 5) is 0. The zero-order chi connectivity index (χ0) is 41.6. The molecule has 12 heteroatoms. The summed E-state index contributed by atoms with van der Waals surface area (Å²) in [6, 6.07) is 0. The fourth-order valence-electron chi connectivity index (χ4n) is 5.90. The van der Waals surface area contributed by atoms with Crippen molar-refractivity contribution in [3.05, 3.63) is 0 Å². The van der Waals surface area contributed by atoms with Crippen LogP contribution in [0.1, 0.15) is 142 Å². The van der Waals surface area contributed by atoms with Crippen molar-refractivity contribution < 1.29 is 56.8 Å². The van der Waals surface area contributed by atoms with E-state index in [0.29, 0.717) is 145 Å². The fourth-order valence-corrected chi connectivity index (χ4v) is 5.90. The second kappa shape index (κ2) is 56.5. The van der Waals surface area contributed by atoms with E-state index in [4.69, 9.17) is 56.8 Å². The van der Waals surface area contributed by atoms with Crippen LogP contribution in [-0.2, 0) is 56.8 Å². The van der Waals surface area contributed by atoms with Crippen LogP contribution in [0.3, 0.4) is 0 Å². The number of hydrogen-bond donors (Lipinski definition) is 0. The molecule has 0 aliphatic heterocycles. The van der Waals surface area contributed by atoms with Crippen LogP contribution in [0.2, 0.25) is 0 Å². The molecule has 0 atom stereocenters. The van der Waals surface area contributed by atoms with Crippen molar-refractivity contribution in [2.24, 2.45) is 0 Å². The standard InChI is InChI=1S/C46H94O12/c1-3-5-7-9-11-12-13-14-15-16-17-18-20-22-24-48-26-28-50-30-32-52-34-36-54-38-40-56-42-44-58-46-45-57-43-41-55-39-37-53-35-33-51-31-29-49-27-25-47-23-21-19-10-8-6-4-2/h3-46H2,1-2H3. The molecule has 0 aromatic rings. The Balaban J connectivity index is 3.05. The second-order valence-electron chi connectivity index (χ2n) is 14.7. The first-order valence-electron chi connectivity index (χ1n) is 23.8. The second-order valence-corrected chi connectivity index (χ2v) is 14.7. The van der Waals surface area contributed by atoms with Gasteiger partial charge < -0.3 is 56.8 Å². The summed E-state index contributed by atoms with van der Waals surface area (Å²) >= 11 is 0. The molecule has 12 nitrogen and oxygen atoms in total. The molecule has 0 fully saturated rings. The molecule has 0 aromatic carbocycles. The summed E-state index contributed by atoms with van der Waals surface area (Å²) < 4.78 is 66.6. The Morgan fingerprint density at radius 3 is 0.414 bits per heavy atom. The zero-order valence-corrected chi connectivity index (χ0v) is 38.0. The van der Waals surface area contributed by atoms with Gasteiger partial charge in [-0.3, -0.25) is 0 Å². The first-order chi connectivity index (χ1) is 28.9. The minimum absolute atomic E-state index is 0.522. The average molecular weight is 839 g/mol. The van der Waals surface area contributed by atoms with Crippen LogP contribution in [-0.4, -0.2) is 159 Å². The summed E-state index contributed by atoms with van der Waals surface area (Å²) in [5.41, 5.74) is 0. The van der Waals surface area contributed by atoms with E-state index in [1.807, 2.05) is 0 Å². The highest BCUT2D eigenvalue weighted by Crippen LogP contribution is 2.13. The van der Waals surface area contributed by atoms with Crippen molar-refractivity contribution in [3.63, 3.8) is 0 Å². The van der Waals surface area contributed by atoms with E-state index >= 15 is 0 Å². The fraction of sp³-hybridized carbons (Fsp3) is 1.00. The van der Waals surface area contributed by atoms with Crippen molar-refractivity contribution in [3.8, 4) is 0 Å². The lowest BCUT2D eigenvalue weighted by Gasteiger charge is -2.09. The molecule has 0 rings (SSSR count). The lowest BCUT2D eigenvalue weighted by molar-refractivity contribution is -0.0284. The van der Waals surface area contributed by atoms with Crippen LogP contribution in [0.4, 0.5) is 0 Å². The molecule has 0 saturated heterocycles. The molecule has 0 radical (unpaired) electrons. The van der Waals surface area contributed by atoms with Gasteiger partial charge in [0.2, 0.25) is 0 Å². The van der Waals surface area contributed by atoms with Gasteiger partial charge in [-0.05, 0) is 12.8 Å². The molecule has 58 heavy (non-hydrogen) atoms. The summed E-state index contributed by atoms with van der Waals surface area (Å²) in [5, 5.41) is 0. The van der Waals surface area contributed by atoms with Gasteiger partial charge >= 0.3 is 0 Å². The Morgan fingerprint density at radius 2 is 0.259 bits per heavy atom. The quantitative estimate of drug-likeness (QED) is 0.0546. The monoisotopic (exact) mass is 839 g/mol. The lowest BCUT2D eigenvalue weighted by Crippen LogP contribution is -2.15. The van der Waals surface area contributed by atoms with Gasteiger partial charge in [-0.2, -0.15) is 0 Å². The van der Waals surface area contributed by atoms with Crippen molar-refractivity contribution >= 4 is 0 Å². The molecule has 0 amide bonds. The van der Waals surface area contributed by atoms with Crippen LogP contribution in [0.5, 0.6) is 0 Å². The molecule has 0 aliphatic carbocycles. The number of unbranched alkanes of at least 4 members (excludes halogenated alkanes) is 18. The Hall–Kier alpha value is -0.480. The van der Waals surface area contributed by atoms with Gasteiger partial charge in [0.05, 0.1) is 145 Å². The highest BCUT2D eigenvalue weighted by molar-refractivity contribution is 4.50. The minimum atomic E-state index is 0.522. The average Bonchev–Trinajstić information content (AvgIpc) is 3.23. The van der Waals surface area contributed by atoms with E-state index < -0.39 is 0 Å². The molecule has 350 valence electrons. The maximum absolute atomic E-state index is 5.69. The van der Waals surface area contributed by atoms with E-state index in [-0.39, 0.29) is 0 Å². The van der Waals surface area contributed by atoms with Gasteiger partial charge in [-0.1, -0.05) is 129 Å². The van der Waals surface area contributed by atoms with Gasteiger partial charge in [0.25, 0.3) is 0 Å². The predicted molar refractivity (Wildman–Crippen MR) is 234 cm³/mol. The largest absolute Gasteiger partial charge is 0.379 e. The Bertz CT molecular complexity index is 637. The van der Waals surface area contributed by atoms with Crippen molar-refractivity contribution in [2.45, 2.75) is 142 Å². The summed E-state index contributed by atoms with van der Waals surface area (Å²) in [5.74, 6) is 0. The number of hydrogen-bond acceptors (Lipinski definition) is 12. The third-order valence-electron chi connectivity index (χ3n) is 9.38. The van der Waals surface area contributed by atoms with Crippen LogP contribution < -0.4 is 0 Å². The van der Waals surface area contributed by atoms with Crippen molar-refractivity contribution in [1.29, 1.82) is 0 Å². The normalized spacial score (nSPS) is 11.7.